The number of hydrogen-bond acceptors (Lipinski definition) is 7. The summed E-state index contributed by atoms with van der Waals surface area (Å²) in [6, 6.07) is 23.3. The van der Waals surface area contributed by atoms with Crippen LogP contribution < -0.4 is 15.4 Å². The molecule has 2 amide bonds. The minimum absolute atomic E-state index is 0.0343. The first kappa shape index (κ1) is 33.0. The highest BCUT2D eigenvalue weighted by molar-refractivity contribution is 7.99. The number of carbonyl (C=O) groups is 2. The lowest BCUT2D eigenvalue weighted by molar-refractivity contribution is -0.120. The van der Waals surface area contributed by atoms with Crippen LogP contribution in [0.4, 0.5) is 5.69 Å². The van der Waals surface area contributed by atoms with Gasteiger partial charge in [-0.15, -0.1) is 0 Å². The van der Waals surface area contributed by atoms with E-state index in [0.29, 0.717) is 12.2 Å². The first-order valence-corrected chi connectivity index (χ1v) is 18.1. The van der Waals surface area contributed by atoms with E-state index in [4.69, 9.17) is 0 Å². The van der Waals surface area contributed by atoms with Crippen LogP contribution in [0.3, 0.4) is 0 Å². The second kappa shape index (κ2) is 16.3. The highest BCUT2D eigenvalue weighted by atomic mass is 32.2. The Bertz CT molecular complexity index is 1510. The average Bonchev–Trinajstić information content (AvgIpc) is 3.07. The molecule has 45 heavy (non-hydrogen) atoms. The van der Waals surface area contributed by atoms with Gasteiger partial charge in [0.2, 0.25) is 5.91 Å². The van der Waals surface area contributed by atoms with Crippen LogP contribution in [-0.4, -0.2) is 81.9 Å². The van der Waals surface area contributed by atoms with E-state index in [9.17, 15) is 18.0 Å². The van der Waals surface area contributed by atoms with Crippen LogP contribution in [0.15, 0.2) is 93.5 Å². The van der Waals surface area contributed by atoms with Gasteiger partial charge in [0.05, 0.1) is 17.1 Å². The maximum atomic E-state index is 13.1. The molecular weight excluding hydrogens is 607 g/mol. The molecule has 2 aliphatic heterocycles. The highest BCUT2D eigenvalue weighted by Crippen LogP contribution is 2.34. The molecule has 2 aliphatic rings. The summed E-state index contributed by atoms with van der Waals surface area (Å²) in [4.78, 5) is 31.9. The van der Waals surface area contributed by atoms with Crippen molar-refractivity contribution in [3.8, 4) is 0 Å². The van der Waals surface area contributed by atoms with Crippen molar-refractivity contribution in [1.82, 2.24) is 20.4 Å². The van der Waals surface area contributed by atoms with Gasteiger partial charge in [-0.05, 0) is 113 Å². The summed E-state index contributed by atoms with van der Waals surface area (Å²) in [6.45, 7) is 6.11. The molecule has 0 aliphatic carbocycles. The molecule has 2 fully saturated rings. The van der Waals surface area contributed by atoms with E-state index in [0.717, 1.165) is 41.9 Å². The molecule has 240 valence electrons. The van der Waals surface area contributed by atoms with Crippen molar-refractivity contribution in [3.63, 3.8) is 0 Å². The molecule has 9 nitrogen and oxygen atoms in total. The predicted octanol–water partition coefficient (Wildman–Crippen LogP) is 4.83. The van der Waals surface area contributed by atoms with Crippen LogP contribution in [0.1, 0.15) is 48.9 Å². The minimum atomic E-state index is -3.89. The number of rotatable bonds is 13. The van der Waals surface area contributed by atoms with Gasteiger partial charge < -0.3 is 20.4 Å². The van der Waals surface area contributed by atoms with Gasteiger partial charge >= 0.3 is 0 Å². The molecule has 0 bridgehead atoms. The van der Waals surface area contributed by atoms with E-state index >= 15 is 0 Å². The maximum Gasteiger partial charge on any atom is 0.261 e. The molecule has 0 atom stereocenters. The molecule has 3 aromatic rings. The number of piperidine rings is 2. The van der Waals surface area contributed by atoms with Gasteiger partial charge in [-0.2, -0.15) is 0 Å². The first-order valence-electron chi connectivity index (χ1n) is 15.8. The Labute approximate surface area is 271 Å². The Hall–Kier alpha value is -3.38. The third-order valence-corrected chi connectivity index (χ3v) is 10.8. The van der Waals surface area contributed by atoms with E-state index in [1.807, 2.05) is 42.5 Å². The maximum absolute atomic E-state index is 13.1. The number of sulfonamides is 1. The number of hydrogen-bond donors (Lipinski definition) is 3. The minimum Gasteiger partial charge on any atom is -0.355 e. The van der Waals surface area contributed by atoms with E-state index < -0.39 is 15.9 Å². The lowest BCUT2D eigenvalue weighted by Gasteiger charge is -2.40. The largest absolute Gasteiger partial charge is 0.355 e. The standard InChI is InChI=1S/C34H43N5O4S2/c40-33(35-20-9-21-38-24-18-28(19-25-38)39-22-7-2-8-23-39)26-36-34(41)27-14-16-30(17-15-27)45(42,43)37-31-12-5-6-13-32(31)44-29-10-3-1-4-11-29/h1,3-6,10-17,28,37H,2,7-9,18-26H2,(H,35,40)(H,36,41). The summed E-state index contributed by atoms with van der Waals surface area (Å²) >= 11 is 1.46. The second-order valence-corrected chi connectivity index (χ2v) is 14.4. The normalized spacial score (nSPS) is 16.6. The van der Waals surface area contributed by atoms with Gasteiger partial charge in [-0.3, -0.25) is 14.3 Å². The molecule has 3 aromatic carbocycles. The number of carbonyl (C=O) groups excluding carboxylic acids is 2. The summed E-state index contributed by atoms with van der Waals surface area (Å²) in [5.74, 6) is -0.689. The van der Waals surface area contributed by atoms with Crippen LogP contribution in [0, 0.1) is 0 Å². The zero-order valence-electron chi connectivity index (χ0n) is 25.6. The fourth-order valence-corrected chi connectivity index (χ4v) is 7.96. The summed E-state index contributed by atoms with van der Waals surface area (Å²) in [5, 5.41) is 5.50. The SMILES string of the molecule is O=C(CNC(=O)c1ccc(S(=O)(=O)Nc2ccccc2Sc2ccccc2)cc1)NCCCN1CCC(N2CCCCC2)CC1. The Kier molecular flexibility index (Phi) is 11.9. The fourth-order valence-electron chi connectivity index (χ4n) is 5.89. The number of amides is 2. The third kappa shape index (κ3) is 9.80. The van der Waals surface area contributed by atoms with Gasteiger partial charge in [-0.25, -0.2) is 8.42 Å². The van der Waals surface area contributed by atoms with Crippen molar-refractivity contribution in [3.05, 3.63) is 84.4 Å². The van der Waals surface area contributed by atoms with Crippen molar-refractivity contribution >= 4 is 39.3 Å². The second-order valence-electron chi connectivity index (χ2n) is 11.6. The van der Waals surface area contributed by atoms with Gasteiger partial charge in [0, 0.05) is 27.9 Å². The zero-order chi connectivity index (χ0) is 31.5. The number of likely N-dealkylation sites (tertiary alicyclic amines) is 2. The molecule has 0 saturated carbocycles. The van der Waals surface area contributed by atoms with Crippen molar-refractivity contribution in [2.24, 2.45) is 0 Å². The van der Waals surface area contributed by atoms with Gasteiger partial charge in [0.25, 0.3) is 15.9 Å². The average molecular weight is 650 g/mol. The molecule has 0 unspecified atom stereocenters. The molecular formula is C34H43N5O4S2. The van der Waals surface area contributed by atoms with Crippen molar-refractivity contribution in [1.29, 1.82) is 0 Å². The van der Waals surface area contributed by atoms with E-state index in [1.165, 1.54) is 81.2 Å². The summed E-state index contributed by atoms with van der Waals surface area (Å²) in [5.41, 5.74) is 0.742. The number of anilines is 1. The number of para-hydroxylation sites is 1. The van der Waals surface area contributed by atoms with Crippen LogP contribution in [0.25, 0.3) is 0 Å². The fraction of sp³-hybridized carbons (Fsp3) is 0.412. The molecule has 2 heterocycles. The topological polar surface area (TPSA) is 111 Å². The smallest absolute Gasteiger partial charge is 0.261 e. The first-order chi connectivity index (χ1) is 21.9. The van der Waals surface area contributed by atoms with Crippen LogP contribution in [0.2, 0.25) is 0 Å². The lowest BCUT2D eigenvalue weighted by Crippen LogP contribution is -2.47. The van der Waals surface area contributed by atoms with Crippen LogP contribution >= 0.6 is 11.8 Å². The predicted molar refractivity (Wildman–Crippen MR) is 179 cm³/mol. The molecule has 0 spiro atoms. The van der Waals surface area contributed by atoms with Crippen LogP contribution in [0.5, 0.6) is 0 Å². The van der Waals surface area contributed by atoms with E-state index in [2.05, 4.69) is 25.2 Å². The summed E-state index contributed by atoms with van der Waals surface area (Å²) < 4.78 is 28.9. The monoisotopic (exact) mass is 649 g/mol. The Morgan fingerprint density at radius 1 is 0.800 bits per heavy atom. The third-order valence-electron chi connectivity index (χ3n) is 8.38. The molecule has 11 heteroatoms. The Morgan fingerprint density at radius 2 is 1.49 bits per heavy atom. The molecule has 0 aromatic heterocycles. The molecule has 3 N–H and O–H groups in total. The number of nitrogens with zero attached hydrogens (tertiary/aromatic N) is 2. The van der Waals surface area contributed by atoms with Crippen LogP contribution in [-0.2, 0) is 14.8 Å². The molecule has 5 rings (SSSR count). The Morgan fingerprint density at radius 3 is 2.22 bits per heavy atom. The lowest BCUT2D eigenvalue weighted by atomic mass is 10.00. The highest BCUT2D eigenvalue weighted by Gasteiger charge is 2.25. The quantitative estimate of drug-likeness (QED) is 0.228. The van der Waals surface area contributed by atoms with E-state index in [1.54, 1.807) is 12.1 Å². The Balaban J connectivity index is 1.02. The summed E-state index contributed by atoms with van der Waals surface area (Å²) in [6.07, 6.45) is 7.36. The van der Waals surface area contributed by atoms with Gasteiger partial charge in [0.15, 0.2) is 0 Å². The number of nitrogens with one attached hydrogen (secondary N) is 3. The van der Waals surface area contributed by atoms with Crippen molar-refractivity contribution in [2.45, 2.75) is 59.3 Å². The van der Waals surface area contributed by atoms with Gasteiger partial charge in [-0.1, -0.05) is 48.5 Å². The van der Waals surface area contributed by atoms with Crippen molar-refractivity contribution < 1.29 is 18.0 Å². The van der Waals surface area contributed by atoms with Gasteiger partial charge in [0.1, 0.15) is 0 Å². The van der Waals surface area contributed by atoms with E-state index in [-0.39, 0.29) is 22.9 Å². The summed E-state index contributed by atoms with van der Waals surface area (Å²) in [7, 11) is -3.89. The van der Waals surface area contributed by atoms with Crippen molar-refractivity contribution in [2.75, 3.05) is 50.5 Å². The zero-order valence-corrected chi connectivity index (χ0v) is 27.3. The molecule has 2 saturated heterocycles. The molecule has 0 radical (unpaired) electrons. The number of benzene rings is 3.